The van der Waals surface area contributed by atoms with Gasteiger partial charge >= 0.3 is 5.69 Å². The van der Waals surface area contributed by atoms with E-state index < -0.39 is 10.6 Å². The van der Waals surface area contributed by atoms with Crippen molar-refractivity contribution < 1.29 is 9.72 Å². The highest BCUT2D eigenvalue weighted by atomic mass is 16.6. The molecule has 2 aromatic rings. The molecule has 0 fully saturated rings. The zero-order valence-corrected chi connectivity index (χ0v) is 10.5. The fraction of sp³-hybridized carbons (Fsp3) is 0.182. The number of aromatic nitrogens is 3. The number of nitro groups is 1. The number of rotatable bonds is 5. The zero-order valence-electron chi connectivity index (χ0n) is 10.5. The number of Topliss-reactive ketones (excluding diaryl/α,β-unsaturated/α-hetero) is 1. The summed E-state index contributed by atoms with van der Waals surface area (Å²) in [5.41, 5.74) is -0.168. The maximum Gasteiger partial charge on any atom is 0.340 e. The summed E-state index contributed by atoms with van der Waals surface area (Å²) in [5, 5.41) is 19.6. The van der Waals surface area contributed by atoms with Crippen molar-refractivity contribution in [2.24, 2.45) is 0 Å². The van der Waals surface area contributed by atoms with Gasteiger partial charge in [0, 0.05) is 11.6 Å². The fourth-order valence-electron chi connectivity index (χ4n) is 1.62. The number of benzene rings is 1. The molecular weight excluding hydrogens is 266 g/mol. The lowest BCUT2D eigenvalue weighted by atomic mass is 10.1. The fourth-order valence-corrected chi connectivity index (χ4v) is 1.62. The van der Waals surface area contributed by atoms with Crippen LogP contribution in [0.2, 0.25) is 0 Å². The Morgan fingerprint density at radius 1 is 1.50 bits per heavy atom. The first-order valence-corrected chi connectivity index (χ1v) is 5.64. The third kappa shape index (κ3) is 2.88. The molecule has 20 heavy (non-hydrogen) atoms. The molecule has 1 aromatic carbocycles. The van der Waals surface area contributed by atoms with Crippen molar-refractivity contribution in [2.75, 3.05) is 5.32 Å². The minimum Gasteiger partial charge on any atom is -0.372 e. The van der Waals surface area contributed by atoms with Gasteiger partial charge in [0.15, 0.2) is 5.78 Å². The van der Waals surface area contributed by atoms with Crippen molar-refractivity contribution in [3.8, 4) is 0 Å². The van der Waals surface area contributed by atoms with Crippen molar-refractivity contribution in [1.29, 1.82) is 0 Å². The predicted molar refractivity (Wildman–Crippen MR) is 69.6 cm³/mol. The lowest BCUT2D eigenvalue weighted by Gasteiger charge is -2.06. The molecule has 104 valence electrons. The van der Waals surface area contributed by atoms with Crippen LogP contribution < -0.4 is 11.0 Å². The van der Waals surface area contributed by atoms with E-state index in [9.17, 15) is 19.7 Å². The Hall–Kier alpha value is -2.97. The Kier molecular flexibility index (Phi) is 3.60. The number of aromatic amines is 2. The summed E-state index contributed by atoms with van der Waals surface area (Å²) < 4.78 is 0. The Balaban J connectivity index is 2.24. The highest BCUT2D eigenvalue weighted by Crippen LogP contribution is 2.26. The van der Waals surface area contributed by atoms with Crippen LogP contribution in [0, 0.1) is 10.1 Å². The Morgan fingerprint density at radius 3 is 2.80 bits per heavy atom. The highest BCUT2D eigenvalue weighted by molar-refractivity contribution is 5.95. The number of ketones is 1. The highest BCUT2D eigenvalue weighted by Gasteiger charge is 2.16. The molecule has 0 aliphatic heterocycles. The van der Waals surface area contributed by atoms with Crippen LogP contribution in [0.3, 0.4) is 0 Å². The first-order valence-electron chi connectivity index (χ1n) is 5.64. The maximum absolute atomic E-state index is 11.2. The predicted octanol–water partition coefficient (Wildman–Crippen LogP) is 0.821. The van der Waals surface area contributed by atoms with E-state index in [2.05, 4.69) is 20.5 Å². The molecule has 0 unspecified atom stereocenters. The number of hydrogen-bond acceptors (Lipinski definition) is 6. The van der Waals surface area contributed by atoms with Gasteiger partial charge in [-0.1, -0.05) is 0 Å². The largest absolute Gasteiger partial charge is 0.372 e. The molecule has 0 saturated heterocycles. The van der Waals surface area contributed by atoms with E-state index in [1.165, 1.54) is 25.1 Å². The van der Waals surface area contributed by atoms with Crippen LogP contribution in [0.5, 0.6) is 0 Å². The second kappa shape index (κ2) is 5.34. The smallest absolute Gasteiger partial charge is 0.340 e. The molecule has 1 aromatic heterocycles. The number of carbonyl (C=O) groups is 1. The molecule has 9 nitrogen and oxygen atoms in total. The average Bonchev–Trinajstić information content (AvgIpc) is 2.81. The average molecular weight is 277 g/mol. The summed E-state index contributed by atoms with van der Waals surface area (Å²) in [6.45, 7) is 1.44. The third-order valence-electron chi connectivity index (χ3n) is 2.60. The lowest BCUT2D eigenvalue weighted by Crippen LogP contribution is -2.06. The van der Waals surface area contributed by atoms with Gasteiger partial charge in [0.2, 0.25) is 0 Å². The summed E-state index contributed by atoms with van der Waals surface area (Å²) in [4.78, 5) is 34.9. The number of carbonyl (C=O) groups excluding carboxylic acids is 1. The van der Waals surface area contributed by atoms with Crippen molar-refractivity contribution in [1.82, 2.24) is 15.2 Å². The van der Waals surface area contributed by atoms with Crippen molar-refractivity contribution in [2.45, 2.75) is 13.5 Å². The van der Waals surface area contributed by atoms with Gasteiger partial charge in [0.25, 0.3) is 5.69 Å². The Bertz CT molecular complexity index is 718. The Morgan fingerprint density at radius 2 is 2.25 bits per heavy atom. The number of hydrogen-bond donors (Lipinski definition) is 3. The molecule has 0 spiro atoms. The van der Waals surface area contributed by atoms with Gasteiger partial charge in [-0.05, 0) is 19.1 Å². The number of nitro benzene ring substituents is 1. The van der Waals surface area contributed by atoms with Gasteiger partial charge in [0.1, 0.15) is 11.5 Å². The van der Waals surface area contributed by atoms with Gasteiger partial charge in [0.05, 0.1) is 11.5 Å². The molecule has 0 saturated carbocycles. The van der Waals surface area contributed by atoms with E-state index in [0.717, 1.165) is 0 Å². The molecule has 0 amide bonds. The molecule has 0 aliphatic carbocycles. The summed E-state index contributed by atoms with van der Waals surface area (Å²) in [6.07, 6.45) is 0. The monoisotopic (exact) mass is 277 g/mol. The minimum atomic E-state index is -0.581. The van der Waals surface area contributed by atoms with E-state index in [1.54, 1.807) is 0 Å². The molecule has 3 N–H and O–H groups in total. The third-order valence-corrected chi connectivity index (χ3v) is 2.60. The molecule has 9 heteroatoms. The molecule has 2 rings (SSSR count). The first-order chi connectivity index (χ1) is 9.47. The summed E-state index contributed by atoms with van der Waals surface area (Å²) in [6, 6.07) is 4.14. The second-order valence-electron chi connectivity index (χ2n) is 4.02. The number of H-pyrrole nitrogens is 2. The van der Waals surface area contributed by atoms with Gasteiger partial charge in [-0.3, -0.25) is 19.9 Å². The van der Waals surface area contributed by atoms with Crippen LogP contribution >= 0.6 is 0 Å². The van der Waals surface area contributed by atoms with E-state index in [-0.39, 0.29) is 29.3 Å². The van der Waals surface area contributed by atoms with Crippen LogP contribution in [0.4, 0.5) is 11.4 Å². The molecule has 0 radical (unpaired) electrons. The van der Waals surface area contributed by atoms with E-state index in [1.807, 2.05) is 0 Å². The number of nitrogens with one attached hydrogen (secondary N) is 3. The topological polar surface area (TPSA) is 134 Å². The first kappa shape index (κ1) is 13.5. The normalized spacial score (nSPS) is 10.2. The SMILES string of the molecule is CC(=O)c1ccc(NCc2n[nH]c(=O)[nH]2)c([N+](=O)[O-])c1. The molecule has 0 atom stereocenters. The van der Waals surface area contributed by atoms with E-state index in [0.29, 0.717) is 5.82 Å². The zero-order chi connectivity index (χ0) is 14.7. The van der Waals surface area contributed by atoms with Gasteiger partial charge in [-0.15, -0.1) is 0 Å². The Labute approximate surface area is 112 Å². The second-order valence-corrected chi connectivity index (χ2v) is 4.02. The quantitative estimate of drug-likeness (QED) is 0.421. The van der Waals surface area contributed by atoms with Crippen molar-refractivity contribution in [3.63, 3.8) is 0 Å². The summed E-state index contributed by atoms with van der Waals surface area (Å²) in [7, 11) is 0. The lowest BCUT2D eigenvalue weighted by molar-refractivity contribution is -0.384. The summed E-state index contributed by atoms with van der Waals surface area (Å²) in [5.74, 6) is 0.0659. The van der Waals surface area contributed by atoms with Crippen LogP contribution in [0.1, 0.15) is 23.1 Å². The maximum atomic E-state index is 11.2. The van der Waals surface area contributed by atoms with Crippen LogP contribution in [0.15, 0.2) is 23.0 Å². The number of nitrogens with zero attached hydrogens (tertiary/aromatic N) is 2. The van der Waals surface area contributed by atoms with E-state index >= 15 is 0 Å². The standard InChI is InChI=1S/C11H11N5O4/c1-6(17)7-2-3-8(9(4-7)16(19)20)12-5-10-13-11(18)15-14-10/h2-4,12H,5H2,1H3,(H2,13,14,15,18). The van der Waals surface area contributed by atoms with E-state index in [4.69, 9.17) is 0 Å². The molecular formula is C11H11N5O4. The molecule has 0 bridgehead atoms. The minimum absolute atomic E-state index is 0.110. The molecule has 1 heterocycles. The van der Waals surface area contributed by atoms with Crippen molar-refractivity contribution in [3.05, 3.63) is 50.2 Å². The summed E-state index contributed by atoms with van der Waals surface area (Å²) >= 11 is 0. The number of anilines is 1. The van der Waals surface area contributed by atoms with Crippen molar-refractivity contribution >= 4 is 17.2 Å². The van der Waals surface area contributed by atoms with Gasteiger partial charge in [-0.2, -0.15) is 5.10 Å². The van der Waals surface area contributed by atoms with Crippen LogP contribution in [0.25, 0.3) is 0 Å². The van der Waals surface area contributed by atoms with Crippen LogP contribution in [-0.4, -0.2) is 25.9 Å². The van der Waals surface area contributed by atoms with Crippen LogP contribution in [-0.2, 0) is 6.54 Å². The van der Waals surface area contributed by atoms with Gasteiger partial charge < -0.3 is 5.32 Å². The molecule has 0 aliphatic rings. The van der Waals surface area contributed by atoms with Gasteiger partial charge in [-0.25, -0.2) is 9.89 Å².